The summed E-state index contributed by atoms with van der Waals surface area (Å²) in [5.41, 5.74) is 2.96. The molecule has 1 aliphatic carbocycles. The van der Waals surface area contributed by atoms with Crippen LogP contribution in [0.4, 0.5) is 8.78 Å². The Bertz CT molecular complexity index is 901. The van der Waals surface area contributed by atoms with Crippen LogP contribution in [0.5, 0.6) is 0 Å². The van der Waals surface area contributed by atoms with E-state index in [1.165, 1.54) is 18.4 Å². The lowest BCUT2D eigenvalue weighted by atomic mass is 9.66. The van der Waals surface area contributed by atoms with E-state index in [0.29, 0.717) is 30.6 Å². The van der Waals surface area contributed by atoms with Gasteiger partial charge in [0.25, 0.3) is 0 Å². The van der Waals surface area contributed by atoms with Crippen molar-refractivity contribution in [3.8, 4) is 0 Å². The molecule has 1 saturated carbocycles. The highest BCUT2D eigenvalue weighted by atomic mass is 19.1. The zero-order valence-corrected chi connectivity index (χ0v) is 20.9. The van der Waals surface area contributed by atoms with E-state index in [-0.39, 0.29) is 0 Å². The molecule has 1 aliphatic rings. The van der Waals surface area contributed by atoms with Crippen LogP contribution in [0.25, 0.3) is 0 Å². The maximum absolute atomic E-state index is 15.3. The van der Waals surface area contributed by atoms with Crippen molar-refractivity contribution in [3.63, 3.8) is 0 Å². The van der Waals surface area contributed by atoms with Crippen molar-refractivity contribution in [2.45, 2.75) is 76.6 Å². The first-order valence-corrected chi connectivity index (χ1v) is 13.6. The average molecular weight is 475 g/mol. The van der Waals surface area contributed by atoms with Gasteiger partial charge in [-0.2, -0.15) is 0 Å². The van der Waals surface area contributed by atoms with E-state index < -0.39 is 12.3 Å². The molecular formula is C33H40F2. The van der Waals surface area contributed by atoms with Gasteiger partial charge in [0.15, 0.2) is 0 Å². The topological polar surface area (TPSA) is 0 Å². The van der Waals surface area contributed by atoms with E-state index in [9.17, 15) is 0 Å². The molecule has 4 unspecified atom stereocenters. The van der Waals surface area contributed by atoms with Gasteiger partial charge in [-0.3, -0.25) is 0 Å². The molecule has 4 rings (SSSR count). The van der Waals surface area contributed by atoms with Crippen molar-refractivity contribution < 1.29 is 8.78 Å². The van der Waals surface area contributed by atoms with Gasteiger partial charge in [0.2, 0.25) is 0 Å². The molecule has 0 heterocycles. The fourth-order valence-electron chi connectivity index (χ4n) is 6.17. The zero-order valence-electron chi connectivity index (χ0n) is 20.9. The maximum atomic E-state index is 15.3. The number of halogens is 2. The number of benzene rings is 3. The van der Waals surface area contributed by atoms with E-state index in [4.69, 9.17) is 0 Å². The fraction of sp³-hybridized carbons (Fsp3) is 0.455. The molecule has 35 heavy (non-hydrogen) atoms. The molecule has 0 aliphatic heterocycles. The molecule has 1 fully saturated rings. The highest BCUT2D eigenvalue weighted by molar-refractivity contribution is 5.19. The quantitative estimate of drug-likeness (QED) is 0.229. The summed E-state index contributed by atoms with van der Waals surface area (Å²) < 4.78 is 30.6. The van der Waals surface area contributed by atoms with E-state index >= 15 is 8.78 Å². The first-order valence-electron chi connectivity index (χ1n) is 13.6. The van der Waals surface area contributed by atoms with Crippen LogP contribution in [0.3, 0.4) is 0 Å². The first-order chi connectivity index (χ1) is 17.2. The Hall–Kier alpha value is -2.48. The summed E-state index contributed by atoms with van der Waals surface area (Å²) in [6, 6.07) is 29.8. The van der Waals surface area contributed by atoms with Crippen LogP contribution in [0.15, 0.2) is 91.0 Å². The van der Waals surface area contributed by atoms with Crippen LogP contribution in [0.1, 0.15) is 86.8 Å². The van der Waals surface area contributed by atoms with Crippen molar-refractivity contribution in [1.82, 2.24) is 0 Å². The molecule has 3 aromatic rings. The molecule has 186 valence electrons. The Balaban J connectivity index is 1.38. The van der Waals surface area contributed by atoms with E-state index in [1.807, 2.05) is 60.7 Å². The van der Waals surface area contributed by atoms with Gasteiger partial charge >= 0.3 is 0 Å². The molecular weight excluding hydrogens is 434 g/mol. The molecule has 0 amide bonds. The molecule has 0 radical (unpaired) electrons. The number of hydrogen-bond donors (Lipinski definition) is 0. The van der Waals surface area contributed by atoms with E-state index in [2.05, 4.69) is 30.3 Å². The molecule has 0 saturated heterocycles. The van der Waals surface area contributed by atoms with Crippen molar-refractivity contribution in [1.29, 1.82) is 0 Å². The molecule has 0 aromatic heterocycles. The summed E-state index contributed by atoms with van der Waals surface area (Å²) in [6.07, 6.45) is 8.20. The minimum absolute atomic E-state index is 0.334. The van der Waals surface area contributed by atoms with Gasteiger partial charge in [-0.15, -0.1) is 0 Å². The molecule has 2 heteroatoms. The maximum Gasteiger partial charge on any atom is 0.125 e. The molecule has 0 nitrogen and oxygen atoms in total. The van der Waals surface area contributed by atoms with Gasteiger partial charge in [0.1, 0.15) is 12.3 Å². The highest BCUT2D eigenvalue weighted by Crippen LogP contribution is 2.46. The summed E-state index contributed by atoms with van der Waals surface area (Å²) >= 11 is 0. The third kappa shape index (κ3) is 7.75. The summed E-state index contributed by atoms with van der Waals surface area (Å²) in [6.45, 7) is 0. The van der Waals surface area contributed by atoms with Gasteiger partial charge in [-0.1, -0.05) is 123 Å². The largest absolute Gasteiger partial charge is 0.242 e. The van der Waals surface area contributed by atoms with Gasteiger partial charge < -0.3 is 0 Å². The second-order valence-electron chi connectivity index (χ2n) is 10.4. The Morgan fingerprint density at radius 2 is 1.09 bits per heavy atom. The standard InChI is InChI=1S/C33H40F2/c34-32(27-17-8-3-9-18-27)24-29-21-13-22-30(25-33(35)28-19-10-4-11-20-28)31(29)23-12-2-7-16-26-14-5-1-6-15-26/h1,3-6,8-11,14-15,17-20,29-33H,2,7,12-13,16,21-25H2. The molecule has 0 N–H and O–H groups in total. The van der Waals surface area contributed by atoms with Gasteiger partial charge in [0, 0.05) is 0 Å². The van der Waals surface area contributed by atoms with E-state index in [1.54, 1.807) is 0 Å². The first kappa shape index (κ1) is 25.6. The van der Waals surface area contributed by atoms with E-state index in [0.717, 1.165) is 49.7 Å². The monoisotopic (exact) mass is 474 g/mol. The number of rotatable bonds is 12. The van der Waals surface area contributed by atoms with Crippen LogP contribution in [0.2, 0.25) is 0 Å². The minimum atomic E-state index is -0.934. The minimum Gasteiger partial charge on any atom is -0.242 e. The SMILES string of the molecule is FC(CC1CCCC(CC(F)c2ccccc2)C1CCCCCc1ccccc1)c1ccccc1. The number of aryl methyl sites for hydroxylation is 1. The lowest BCUT2D eigenvalue weighted by Crippen LogP contribution is -2.30. The third-order valence-electron chi connectivity index (χ3n) is 8.05. The predicted molar refractivity (Wildman–Crippen MR) is 143 cm³/mol. The van der Waals surface area contributed by atoms with Crippen LogP contribution in [-0.2, 0) is 6.42 Å². The fourth-order valence-corrected chi connectivity index (χ4v) is 6.17. The van der Waals surface area contributed by atoms with Crippen molar-refractivity contribution >= 4 is 0 Å². The Morgan fingerprint density at radius 1 is 0.600 bits per heavy atom. The second-order valence-corrected chi connectivity index (χ2v) is 10.4. The van der Waals surface area contributed by atoms with Crippen LogP contribution in [-0.4, -0.2) is 0 Å². The van der Waals surface area contributed by atoms with Crippen molar-refractivity contribution in [2.24, 2.45) is 17.8 Å². The van der Waals surface area contributed by atoms with Gasteiger partial charge in [-0.05, 0) is 66.5 Å². The van der Waals surface area contributed by atoms with Crippen molar-refractivity contribution in [2.75, 3.05) is 0 Å². The number of unbranched alkanes of at least 4 members (excludes halogenated alkanes) is 2. The zero-order chi connectivity index (χ0) is 24.3. The molecule has 3 aromatic carbocycles. The Morgan fingerprint density at radius 3 is 1.60 bits per heavy atom. The molecule has 0 bridgehead atoms. The normalized spacial score (nSPS) is 21.9. The van der Waals surface area contributed by atoms with Crippen LogP contribution >= 0.6 is 0 Å². The predicted octanol–water partition coefficient (Wildman–Crippen LogP) is 10.0. The van der Waals surface area contributed by atoms with Gasteiger partial charge in [0.05, 0.1) is 0 Å². The Kier molecular flexibility index (Phi) is 9.93. The molecule has 4 atom stereocenters. The summed E-state index contributed by atoms with van der Waals surface area (Å²) in [5.74, 6) is 1.08. The lowest BCUT2D eigenvalue weighted by molar-refractivity contribution is 0.0817. The average Bonchev–Trinajstić information content (AvgIpc) is 2.91. The second kappa shape index (κ2) is 13.6. The smallest absolute Gasteiger partial charge is 0.125 e. The number of hydrogen-bond acceptors (Lipinski definition) is 0. The summed E-state index contributed by atoms with van der Waals surface area (Å²) in [5, 5.41) is 0. The molecule has 0 spiro atoms. The summed E-state index contributed by atoms with van der Waals surface area (Å²) in [4.78, 5) is 0. The third-order valence-corrected chi connectivity index (χ3v) is 8.05. The number of alkyl halides is 2. The van der Waals surface area contributed by atoms with Gasteiger partial charge in [-0.25, -0.2) is 8.78 Å². The van der Waals surface area contributed by atoms with Crippen LogP contribution < -0.4 is 0 Å². The van der Waals surface area contributed by atoms with Crippen molar-refractivity contribution in [3.05, 3.63) is 108 Å². The summed E-state index contributed by atoms with van der Waals surface area (Å²) in [7, 11) is 0. The lowest BCUT2D eigenvalue weighted by Gasteiger charge is -2.40. The Labute approximate surface area is 210 Å². The highest BCUT2D eigenvalue weighted by Gasteiger charge is 2.35. The van der Waals surface area contributed by atoms with Crippen LogP contribution in [0, 0.1) is 17.8 Å².